The Kier molecular flexibility index (Phi) is 9.21. The smallest absolute Gasteiger partial charge is 0.265 e. The van der Waals surface area contributed by atoms with Crippen LogP contribution in [0.2, 0.25) is 5.02 Å². The zero-order valence-corrected chi connectivity index (χ0v) is 30.7. The van der Waals surface area contributed by atoms with E-state index in [1.54, 1.807) is 47.6 Å². The summed E-state index contributed by atoms with van der Waals surface area (Å²) in [6.45, 7) is 7.42. The number of anilines is 4. The Morgan fingerprint density at radius 3 is 2.42 bits per heavy atom. The molecule has 2 fully saturated rings. The molecule has 3 amide bonds. The molecule has 5 aromatic rings. The number of benzene rings is 2. The van der Waals surface area contributed by atoms with Crippen molar-refractivity contribution in [1.82, 2.24) is 9.97 Å². The van der Waals surface area contributed by atoms with Crippen molar-refractivity contribution in [2.24, 2.45) is 5.41 Å². The van der Waals surface area contributed by atoms with Gasteiger partial charge in [-0.2, -0.15) is 0 Å². The van der Waals surface area contributed by atoms with Gasteiger partial charge in [-0.3, -0.25) is 19.4 Å². The van der Waals surface area contributed by atoms with Crippen molar-refractivity contribution in [1.29, 1.82) is 0 Å². The van der Waals surface area contributed by atoms with Crippen molar-refractivity contribution in [3.05, 3.63) is 117 Å². The molecule has 270 valence electrons. The maximum Gasteiger partial charge on any atom is 0.265 e. The summed E-state index contributed by atoms with van der Waals surface area (Å²) in [5.41, 5.74) is 5.51. The average molecular weight is 751 g/mol. The van der Waals surface area contributed by atoms with Crippen molar-refractivity contribution < 1.29 is 23.5 Å². The summed E-state index contributed by atoms with van der Waals surface area (Å²) in [7, 11) is 0. The zero-order chi connectivity index (χ0) is 36.9. The van der Waals surface area contributed by atoms with Gasteiger partial charge in [-0.1, -0.05) is 17.7 Å². The molecule has 0 atom stereocenters. The fourth-order valence-corrected chi connectivity index (χ4v) is 8.60. The highest BCUT2D eigenvalue weighted by atomic mass is 35.5. The van der Waals surface area contributed by atoms with Crippen molar-refractivity contribution in [2.75, 3.05) is 53.3 Å². The molecule has 3 aromatic heterocycles. The van der Waals surface area contributed by atoms with Crippen LogP contribution in [0.15, 0.2) is 73.1 Å². The number of thiophene rings is 1. The minimum absolute atomic E-state index is 0.0774. The molecular formula is C40H36ClFN6O4S. The number of hydrogen-bond acceptors (Lipinski definition) is 8. The Hall–Kier alpha value is -5.17. The predicted molar refractivity (Wildman–Crippen MR) is 205 cm³/mol. The number of pyridine rings is 2. The third-order valence-corrected chi connectivity index (χ3v) is 11.6. The lowest BCUT2D eigenvalue weighted by atomic mass is 9.73. The second-order valence-corrected chi connectivity index (χ2v) is 15.4. The number of rotatable bonds is 6. The summed E-state index contributed by atoms with van der Waals surface area (Å²) in [6, 6.07) is 16.6. The second kappa shape index (κ2) is 14.0. The number of aryl methyl sites for hydroxylation is 2. The van der Waals surface area contributed by atoms with Gasteiger partial charge in [-0.15, -0.1) is 11.3 Å². The topological polar surface area (TPSA) is 117 Å². The van der Waals surface area contributed by atoms with Gasteiger partial charge in [0.05, 0.1) is 31.7 Å². The fraction of sp³-hybridized carbons (Fsp3) is 0.275. The summed E-state index contributed by atoms with van der Waals surface area (Å²) in [4.78, 5) is 55.3. The van der Waals surface area contributed by atoms with Crippen LogP contribution in [0.4, 0.5) is 27.3 Å². The quantitative estimate of drug-likeness (QED) is 0.181. The van der Waals surface area contributed by atoms with Gasteiger partial charge in [-0.25, -0.2) is 9.37 Å². The van der Waals surface area contributed by atoms with Crippen LogP contribution in [0, 0.1) is 25.1 Å². The van der Waals surface area contributed by atoms with Gasteiger partial charge < -0.3 is 25.2 Å². The van der Waals surface area contributed by atoms with Gasteiger partial charge in [0.15, 0.2) is 0 Å². The molecule has 3 aliphatic heterocycles. The van der Waals surface area contributed by atoms with Crippen LogP contribution < -0.4 is 20.4 Å². The van der Waals surface area contributed by atoms with E-state index in [4.69, 9.17) is 21.3 Å². The standard InChI is InChI=1S/C40H36ClFN6O4S/c1-23-16-28(36(44-20-23)47-21-40(22-47)11-14-52-15-12-40)37(49)45-27-8-6-25(7-9-27)39(51)48-13-10-26-18-32(38(50)46-33-29(41)4-3-5-30(33)42)53-35(26)34-31(48)17-24(2)19-43-34/h3-9,16-20H,10-15,21-22H2,1-2H3,(H,45,49)(H,46,50). The highest BCUT2D eigenvalue weighted by molar-refractivity contribution is 7.17. The Labute approximate surface area is 315 Å². The number of fused-ring (bicyclic) bond motifs is 3. The van der Waals surface area contributed by atoms with Gasteiger partial charge in [0.1, 0.15) is 17.3 Å². The van der Waals surface area contributed by atoms with Gasteiger partial charge in [0.25, 0.3) is 17.7 Å². The molecule has 6 heterocycles. The van der Waals surface area contributed by atoms with Gasteiger partial charge in [0, 0.05) is 61.9 Å². The first kappa shape index (κ1) is 34.9. The lowest BCUT2D eigenvalue weighted by molar-refractivity contribution is -0.000511. The van der Waals surface area contributed by atoms with Crippen LogP contribution in [0.25, 0.3) is 10.6 Å². The van der Waals surface area contributed by atoms with Crippen LogP contribution >= 0.6 is 22.9 Å². The molecule has 13 heteroatoms. The van der Waals surface area contributed by atoms with Gasteiger partial charge in [0.2, 0.25) is 0 Å². The number of hydrogen-bond donors (Lipinski definition) is 2. The molecule has 0 unspecified atom stereocenters. The lowest BCUT2D eigenvalue weighted by Crippen LogP contribution is -2.59. The van der Waals surface area contributed by atoms with E-state index in [1.165, 1.54) is 29.5 Å². The Morgan fingerprint density at radius 2 is 1.66 bits per heavy atom. The number of carbonyl (C=O) groups is 3. The molecule has 2 aromatic carbocycles. The Morgan fingerprint density at radius 1 is 0.925 bits per heavy atom. The summed E-state index contributed by atoms with van der Waals surface area (Å²) in [5.74, 6) is -0.912. The van der Waals surface area contributed by atoms with Crippen molar-refractivity contribution in [3.63, 3.8) is 0 Å². The first-order chi connectivity index (χ1) is 25.6. The van der Waals surface area contributed by atoms with E-state index >= 15 is 0 Å². The first-order valence-electron chi connectivity index (χ1n) is 17.5. The molecule has 3 aliphatic rings. The van der Waals surface area contributed by atoms with Gasteiger partial charge in [-0.05, 0) is 104 Å². The molecule has 1 spiro atoms. The van der Waals surface area contributed by atoms with Crippen LogP contribution in [-0.4, -0.2) is 60.5 Å². The first-order valence-corrected chi connectivity index (χ1v) is 18.6. The summed E-state index contributed by atoms with van der Waals surface area (Å²) >= 11 is 7.38. The Bertz CT molecular complexity index is 2240. The van der Waals surface area contributed by atoms with Crippen LogP contribution in [0.5, 0.6) is 0 Å². The molecule has 0 radical (unpaired) electrons. The van der Waals surface area contributed by atoms with Gasteiger partial charge >= 0.3 is 0 Å². The van der Waals surface area contributed by atoms with Crippen LogP contribution in [-0.2, 0) is 11.2 Å². The Balaban J connectivity index is 0.991. The molecule has 0 bridgehead atoms. The molecule has 53 heavy (non-hydrogen) atoms. The SMILES string of the molecule is Cc1cnc(N2CC3(CCOCC3)C2)c(C(=O)Nc2ccc(C(=O)N3CCc4cc(C(=O)Nc5c(F)cccc5Cl)sc4-c4ncc(C)cc43)cc2)c1. The second-order valence-electron chi connectivity index (χ2n) is 14.0. The minimum Gasteiger partial charge on any atom is -0.381 e. The largest absolute Gasteiger partial charge is 0.381 e. The number of nitrogens with one attached hydrogen (secondary N) is 2. The monoisotopic (exact) mass is 750 g/mol. The minimum atomic E-state index is -0.625. The van der Waals surface area contributed by atoms with E-state index in [1.807, 2.05) is 26.0 Å². The van der Waals surface area contributed by atoms with E-state index < -0.39 is 11.7 Å². The van der Waals surface area contributed by atoms with Crippen LogP contribution in [0.3, 0.4) is 0 Å². The molecular weight excluding hydrogens is 715 g/mol. The number of nitrogens with zero attached hydrogens (tertiary/aromatic N) is 4. The van der Waals surface area contributed by atoms with Crippen molar-refractivity contribution >= 4 is 63.5 Å². The third kappa shape index (κ3) is 6.78. The number of ether oxygens (including phenoxy) is 1. The predicted octanol–water partition coefficient (Wildman–Crippen LogP) is 7.94. The average Bonchev–Trinajstić information content (AvgIpc) is 3.51. The molecule has 8 rings (SSSR count). The maximum absolute atomic E-state index is 14.4. The van der Waals surface area contributed by atoms with Crippen molar-refractivity contribution in [3.8, 4) is 10.6 Å². The summed E-state index contributed by atoms with van der Waals surface area (Å²) in [6.07, 6.45) is 6.02. The molecule has 0 aliphatic carbocycles. The molecule has 2 N–H and O–H groups in total. The normalized spacial score (nSPS) is 15.9. The summed E-state index contributed by atoms with van der Waals surface area (Å²) in [5, 5.41) is 5.70. The van der Waals surface area contributed by atoms with Crippen molar-refractivity contribution in [2.45, 2.75) is 33.1 Å². The lowest BCUT2D eigenvalue weighted by Gasteiger charge is -2.53. The molecule has 2 saturated heterocycles. The number of para-hydroxylation sites is 1. The number of halogens is 2. The van der Waals surface area contributed by atoms with E-state index in [9.17, 15) is 18.8 Å². The highest BCUT2D eigenvalue weighted by Gasteiger charge is 2.45. The molecule has 0 saturated carbocycles. The molecule has 10 nitrogen and oxygen atoms in total. The van der Waals surface area contributed by atoms with E-state index in [0.717, 1.165) is 60.7 Å². The van der Waals surface area contributed by atoms with E-state index in [0.29, 0.717) is 51.9 Å². The summed E-state index contributed by atoms with van der Waals surface area (Å²) < 4.78 is 20.0. The van der Waals surface area contributed by atoms with E-state index in [-0.39, 0.29) is 27.9 Å². The third-order valence-electron chi connectivity index (χ3n) is 10.1. The highest BCUT2D eigenvalue weighted by Crippen LogP contribution is 2.43. The number of amides is 3. The van der Waals surface area contributed by atoms with E-state index in [2.05, 4.69) is 20.5 Å². The fourth-order valence-electron chi connectivity index (χ4n) is 7.28. The number of aromatic nitrogens is 2. The maximum atomic E-state index is 14.4. The zero-order valence-electron chi connectivity index (χ0n) is 29.2. The number of carbonyl (C=O) groups excluding carboxylic acids is 3. The van der Waals surface area contributed by atoms with Crippen LogP contribution in [0.1, 0.15) is 59.9 Å².